The first kappa shape index (κ1) is 8.27. The first-order chi connectivity index (χ1) is 5.95. The fourth-order valence-corrected chi connectivity index (χ4v) is 2.08. The van der Waals surface area contributed by atoms with E-state index in [0.717, 1.165) is 5.92 Å². The average molecular weight is 166 g/mol. The SMILES string of the molecule is C1=CCC(CN2CCNCC2)C1. The van der Waals surface area contributed by atoms with Gasteiger partial charge >= 0.3 is 0 Å². The van der Waals surface area contributed by atoms with Gasteiger partial charge in [-0.15, -0.1) is 0 Å². The van der Waals surface area contributed by atoms with Crippen LogP contribution in [0.4, 0.5) is 0 Å². The van der Waals surface area contributed by atoms with Crippen LogP contribution < -0.4 is 5.32 Å². The Morgan fingerprint density at radius 3 is 2.50 bits per heavy atom. The third-order valence-electron chi connectivity index (χ3n) is 2.83. The van der Waals surface area contributed by atoms with Gasteiger partial charge in [0, 0.05) is 32.7 Å². The van der Waals surface area contributed by atoms with Crippen LogP contribution in [-0.4, -0.2) is 37.6 Å². The van der Waals surface area contributed by atoms with Crippen molar-refractivity contribution in [1.82, 2.24) is 10.2 Å². The number of allylic oxidation sites excluding steroid dienone is 2. The molecule has 1 saturated heterocycles. The molecule has 1 aliphatic carbocycles. The van der Waals surface area contributed by atoms with E-state index in [1.165, 1.54) is 45.6 Å². The van der Waals surface area contributed by atoms with Gasteiger partial charge in [-0.05, 0) is 18.8 Å². The molecule has 0 radical (unpaired) electrons. The molecular weight excluding hydrogens is 148 g/mol. The molecule has 12 heavy (non-hydrogen) atoms. The maximum atomic E-state index is 3.38. The molecule has 1 heterocycles. The normalized spacial score (nSPS) is 26.7. The van der Waals surface area contributed by atoms with Crippen molar-refractivity contribution in [2.24, 2.45) is 5.92 Å². The van der Waals surface area contributed by atoms with Crippen LogP contribution in [0.25, 0.3) is 0 Å². The lowest BCUT2D eigenvalue weighted by molar-refractivity contribution is 0.209. The van der Waals surface area contributed by atoms with E-state index in [1.807, 2.05) is 0 Å². The third-order valence-corrected chi connectivity index (χ3v) is 2.83. The Morgan fingerprint density at radius 2 is 1.83 bits per heavy atom. The topological polar surface area (TPSA) is 15.3 Å². The first-order valence-corrected chi connectivity index (χ1v) is 5.03. The molecule has 0 atom stereocenters. The molecule has 0 aromatic heterocycles. The predicted octanol–water partition coefficient (Wildman–Crippen LogP) is 0.858. The Labute approximate surface area is 74.6 Å². The van der Waals surface area contributed by atoms with Crippen LogP contribution in [0.15, 0.2) is 12.2 Å². The van der Waals surface area contributed by atoms with Gasteiger partial charge in [0.1, 0.15) is 0 Å². The van der Waals surface area contributed by atoms with Gasteiger partial charge in [-0.1, -0.05) is 12.2 Å². The standard InChI is InChI=1S/C10H18N2/c1-2-4-10(3-1)9-12-7-5-11-6-8-12/h1-2,10-11H,3-9H2. The van der Waals surface area contributed by atoms with Gasteiger partial charge in [0.05, 0.1) is 0 Å². The largest absolute Gasteiger partial charge is 0.314 e. The molecule has 2 heteroatoms. The Balaban J connectivity index is 1.70. The molecule has 0 amide bonds. The van der Waals surface area contributed by atoms with Crippen LogP contribution in [0.3, 0.4) is 0 Å². The van der Waals surface area contributed by atoms with Gasteiger partial charge in [-0.3, -0.25) is 0 Å². The van der Waals surface area contributed by atoms with Crippen molar-refractivity contribution in [2.75, 3.05) is 32.7 Å². The second kappa shape index (κ2) is 4.06. The van der Waals surface area contributed by atoms with Crippen LogP contribution in [0, 0.1) is 5.92 Å². The predicted molar refractivity (Wildman–Crippen MR) is 51.2 cm³/mol. The molecule has 0 unspecified atom stereocenters. The molecule has 0 aromatic rings. The summed E-state index contributed by atoms with van der Waals surface area (Å²) in [5.74, 6) is 0.920. The summed E-state index contributed by atoms with van der Waals surface area (Å²) in [5, 5.41) is 3.38. The zero-order valence-corrected chi connectivity index (χ0v) is 7.63. The maximum absolute atomic E-state index is 3.38. The highest BCUT2D eigenvalue weighted by Crippen LogP contribution is 2.18. The lowest BCUT2D eigenvalue weighted by Gasteiger charge is -2.29. The zero-order valence-electron chi connectivity index (χ0n) is 7.63. The molecule has 2 rings (SSSR count). The lowest BCUT2D eigenvalue weighted by atomic mass is 10.1. The fourth-order valence-electron chi connectivity index (χ4n) is 2.08. The van der Waals surface area contributed by atoms with Crippen molar-refractivity contribution >= 4 is 0 Å². The number of piperazine rings is 1. The van der Waals surface area contributed by atoms with Crippen molar-refractivity contribution in [3.8, 4) is 0 Å². The number of hydrogen-bond acceptors (Lipinski definition) is 2. The van der Waals surface area contributed by atoms with Gasteiger partial charge < -0.3 is 10.2 Å². The van der Waals surface area contributed by atoms with Crippen LogP contribution in [0.1, 0.15) is 12.8 Å². The molecule has 0 saturated carbocycles. The number of nitrogens with one attached hydrogen (secondary N) is 1. The Morgan fingerprint density at radius 1 is 1.17 bits per heavy atom. The van der Waals surface area contributed by atoms with Gasteiger partial charge in [-0.25, -0.2) is 0 Å². The Hall–Kier alpha value is -0.340. The highest BCUT2D eigenvalue weighted by Gasteiger charge is 2.16. The van der Waals surface area contributed by atoms with Crippen molar-refractivity contribution in [3.63, 3.8) is 0 Å². The van der Waals surface area contributed by atoms with E-state index in [0.29, 0.717) is 0 Å². The second-order valence-corrected chi connectivity index (χ2v) is 3.86. The van der Waals surface area contributed by atoms with Crippen LogP contribution in [0.5, 0.6) is 0 Å². The van der Waals surface area contributed by atoms with Crippen molar-refractivity contribution in [1.29, 1.82) is 0 Å². The first-order valence-electron chi connectivity index (χ1n) is 5.03. The van der Waals surface area contributed by atoms with Crippen LogP contribution >= 0.6 is 0 Å². The molecule has 1 N–H and O–H groups in total. The molecule has 0 aromatic carbocycles. The molecule has 0 bridgehead atoms. The van der Waals surface area contributed by atoms with E-state index in [2.05, 4.69) is 22.4 Å². The summed E-state index contributed by atoms with van der Waals surface area (Å²) >= 11 is 0. The van der Waals surface area contributed by atoms with E-state index >= 15 is 0 Å². The van der Waals surface area contributed by atoms with Gasteiger partial charge in [-0.2, -0.15) is 0 Å². The number of rotatable bonds is 2. The third kappa shape index (κ3) is 2.08. The monoisotopic (exact) mass is 166 g/mol. The van der Waals surface area contributed by atoms with E-state index in [4.69, 9.17) is 0 Å². The molecule has 1 fully saturated rings. The summed E-state index contributed by atoms with van der Waals surface area (Å²) in [6, 6.07) is 0. The van der Waals surface area contributed by atoms with Crippen molar-refractivity contribution in [2.45, 2.75) is 12.8 Å². The van der Waals surface area contributed by atoms with E-state index < -0.39 is 0 Å². The van der Waals surface area contributed by atoms with Gasteiger partial charge in [0.25, 0.3) is 0 Å². The summed E-state index contributed by atoms with van der Waals surface area (Å²) in [6.07, 6.45) is 7.27. The summed E-state index contributed by atoms with van der Waals surface area (Å²) in [7, 11) is 0. The molecule has 2 aliphatic rings. The van der Waals surface area contributed by atoms with E-state index in [-0.39, 0.29) is 0 Å². The van der Waals surface area contributed by atoms with E-state index in [1.54, 1.807) is 0 Å². The fraction of sp³-hybridized carbons (Fsp3) is 0.800. The average Bonchev–Trinajstić information content (AvgIpc) is 2.59. The summed E-state index contributed by atoms with van der Waals surface area (Å²) in [6.45, 7) is 6.17. The second-order valence-electron chi connectivity index (χ2n) is 3.86. The Bertz CT molecular complexity index is 151. The Kier molecular flexibility index (Phi) is 2.79. The molecule has 2 nitrogen and oxygen atoms in total. The number of nitrogens with zero attached hydrogens (tertiary/aromatic N) is 1. The van der Waals surface area contributed by atoms with Crippen molar-refractivity contribution in [3.05, 3.63) is 12.2 Å². The molecule has 1 aliphatic heterocycles. The van der Waals surface area contributed by atoms with Gasteiger partial charge in [0.2, 0.25) is 0 Å². The summed E-state index contributed by atoms with van der Waals surface area (Å²) in [4.78, 5) is 2.59. The minimum Gasteiger partial charge on any atom is -0.314 e. The molecule has 0 spiro atoms. The summed E-state index contributed by atoms with van der Waals surface area (Å²) < 4.78 is 0. The van der Waals surface area contributed by atoms with Crippen LogP contribution in [0.2, 0.25) is 0 Å². The van der Waals surface area contributed by atoms with Crippen LogP contribution in [-0.2, 0) is 0 Å². The molecule has 68 valence electrons. The van der Waals surface area contributed by atoms with Crippen molar-refractivity contribution < 1.29 is 0 Å². The quantitative estimate of drug-likeness (QED) is 0.612. The minimum absolute atomic E-state index is 0.920. The number of hydrogen-bond donors (Lipinski definition) is 1. The van der Waals surface area contributed by atoms with Gasteiger partial charge in [0.15, 0.2) is 0 Å². The van der Waals surface area contributed by atoms with E-state index in [9.17, 15) is 0 Å². The highest BCUT2D eigenvalue weighted by molar-refractivity contribution is 4.95. The smallest absolute Gasteiger partial charge is 0.0107 e. The lowest BCUT2D eigenvalue weighted by Crippen LogP contribution is -2.45. The maximum Gasteiger partial charge on any atom is 0.0107 e. The highest BCUT2D eigenvalue weighted by atomic mass is 15.2. The summed E-state index contributed by atoms with van der Waals surface area (Å²) in [5.41, 5.74) is 0. The minimum atomic E-state index is 0.920. The zero-order chi connectivity index (χ0) is 8.23. The molecular formula is C10H18N2.